The second kappa shape index (κ2) is 16.7. The monoisotopic (exact) mass is 427 g/mol. The molecular weight excluding hydrogens is 389 g/mol. The summed E-state index contributed by atoms with van der Waals surface area (Å²) in [6.45, 7) is 8.53. The maximum Gasteiger partial charge on any atom is 0.498 e. The van der Waals surface area contributed by atoms with Gasteiger partial charge in [-0.15, -0.1) is 0 Å². The molecule has 9 radical (unpaired) electrons. The molecule has 26 heavy (non-hydrogen) atoms. The van der Waals surface area contributed by atoms with Crippen LogP contribution in [0.15, 0.2) is 0 Å². The van der Waals surface area contributed by atoms with Gasteiger partial charge in [0, 0.05) is 55.6 Å². The van der Waals surface area contributed by atoms with Crippen molar-refractivity contribution in [3.63, 3.8) is 0 Å². The summed E-state index contributed by atoms with van der Waals surface area (Å²) in [5, 5.41) is 0. The highest BCUT2D eigenvalue weighted by atomic mass is 28.4. The van der Waals surface area contributed by atoms with Crippen LogP contribution in [-0.2, 0) is 13.3 Å². The van der Waals surface area contributed by atoms with E-state index < -0.39 is 8.80 Å². The molecule has 0 spiro atoms. The molecule has 0 aromatic carbocycles. The van der Waals surface area contributed by atoms with Crippen molar-refractivity contribution < 1.29 is 13.3 Å². The maximum absolute atomic E-state index is 6.40. The minimum Gasteiger partial charge on any atom is -0.371 e. The third-order valence-electron chi connectivity index (χ3n) is 4.36. The highest BCUT2D eigenvalue weighted by molar-refractivity contribution is 6.59. The summed E-state index contributed by atoms with van der Waals surface area (Å²) in [7, 11) is 7.98. The van der Waals surface area contributed by atoms with Gasteiger partial charge in [-0.05, 0) is 40.0 Å². The van der Waals surface area contributed by atoms with Crippen LogP contribution in [0.1, 0.15) is 78.6 Å². The van der Waals surface area contributed by atoms with Gasteiger partial charge in [-0.3, -0.25) is 0 Å². The summed E-state index contributed by atoms with van der Waals surface area (Å²) in [6.07, 6.45) is 10.7. The Morgan fingerprint density at radius 1 is 0.577 bits per heavy atom. The van der Waals surface area contributed by atoms with Gasteiger partial charge < -0.3 is 13.3 Å². The molecule has 0 bridgehead atoms. The average molecular weight is 428 g/mol. The van der Waals surface area contributed by atoms with Gasteiger partial charge in [0.2, 0.25) is 0 Å². The summed E-state index contributed by atoms with van der Waals surface area (Å²) >= 11 is 0. The van der Waals surface area contributed by atoms with E-state index in [1.165, 1.54) is 19.3 Å². The summed E-state index contributed by atoms with van der Waals surface area (Å²) in [5.74, 6) is 0. The molecule has 3 atom stereocenters. The lowest BCUT2D eigenvalue weighted by Crippen LogP contribution is -2.49. The van der Waals surface area contributed by atoms with Crippen molar-refractivity contribution in [3.05, 3.63) is 0 Å². The Balaban J connectivity index is 4.66. The first kappa shape index (κ1) is 26.7. The topological polar surface area (TPSA) is 27.7 Å². The van der Waals surface area contributed by atoms with Gasteiger partial charge in [0.1, 0.15) is 0 Å². The highest BCUT2D eigenvalue weighted by Crippen LogP contribution is 2.23. The lowest BCUT2D eigenvalue weighted by atomic mass is 10.2. The van der Waals surface area contributed by atoms with Crippen LogP contribution in [-0.4, -0.2) is 57.8 Å². The molecule has 0 aliphatic heterocycles. The highest BCUT2D eigenvalue weighted by Gasteiger charge is 2.40. The molecule has 149 valence electrons. The Bertz CT molecular complexity index is 276. The van der Waals surface area contributed by atoms with Crippen molar-refractivity contribution in [3.8, 4) is 0 Å². The van der Waals surface area contributed by atoms with E-state index in [0.29, 0.717) is 0 Å². The molecule has 0 aromatic heterocycles. The molecule has 0 aliphatic carbocycles. The second-order valence-electron chi connectivity index (χ2n) is 7.39. The van der Waals surface area contributed by atoms with Crippen LogP contribution in [0.5, 0.6) is 0 Å². The van der Waals surface area contributed by atoms with Crippen LogP contribution in [0.2, 0.25) is 24.7 Å². The van der Waals surface area contributed by atoms with E-state index in [1.807, 2.05) is 0 Å². The van der Waals surface area contributed by atoms with Gasteiger partial charge in [-0.2, -0.15) is 0 Å². The molecule has 0 aliphatic rings. The summed E-state index contributed by atoms with van der Waals surface area (Å²) in [6, 6.07) is 3.13. The Hall–Kier alpha value is 0.748. The molecule has 0 amide bonds. The van der Waals surface area contributed by atoms with E-state index in [1.54, 1.807) is 0 Å². The van der Waals surface area contributed by atoms with Gasteiger partial charge in [0.05, 0.1) is 0 Å². The minimum atomic E-state index is -2.66. The Morgan fingerprint density at radius 2 is 0.846 bits per heavy atom. The zero-order chi connectivity index (χ0) is 19.8. The molecule has 0 aromatic rings. The fourth-order valence-corrected chi connectivity index (χ4v) is 6.49. The van der Waals surface area contributed by atoms with E-state index >= 15 is 0 Å². The predicted molar refractivity (Wildman–Crippen MR) is 116 cm³/mol. The predicted octanol–water partition coefficient (Wildman–Crippen LogP) is 5.04. The van der Waals surface area contributed by atoms with Crippen LogP contribution in [0.25, 0.3) is 0 Å². The van der Waals surface area contributed by atoms with E-state index in [-0.39, 0.29) is 18.3 Å². The van der Waals surface area contributed by atoms with Gasteiger partial charge >= 0.3 is 8.80 Å². The minimum absolute atomic E-state index is 0.175. The van der Waals surface area contributed by atoms with Crippen LogP contribution >= 0.6 is 0 Å². The SMILES string of the molecule is CC(CCCC[Si])O[Si](C)(OC(C)CCCC[Si])OC(C)CCCC[Si]. The molecule has 3 nitrogen and oxygen atoms in total. The van der Waals surface area contributed by atoms with E-state index in [2.05, 4.69) is 58.0 Å². The Morgan fingerprint density at radius 3 is 1.08 bits per heavy atom. The third-order valence-corrected chi connectivity index (χ3v) is 7.91. The first-order chi connectivity index (χ1) is 12.4. The van der Waals surface area contributed by atoms with Crippen LogP contribution in [0.4, 0.5) is 0 Å². The molecule has 3 unspecified atom stereocenters. The quantitative estimate of drug-likeness (QED) is 0.226. The Labute approximate surface area is 174 Å². The lowest BCUT2D eigenvalue weighted by Gasteiger charge is -2.34. The van der Waals surface area contributed by atoms with Crippen molar-refractivity contribution in [1.82, 2.24) is 0 Å². The maximum atomic E-state index is 6.40. The summed E-state index contributed by atoms with van der Waals surface area (Å²) in [5.41, 5.74) is 0. The molecule has 7 heteroatoms. The van der Waals surface area contributed by atoms with Crippen molar-refractivity contribution in [2.24, 2.45) is 0 Å². The molecule has 0 fully saturated rings. The molecular formula is C19H39O3Si4. The normalized spacial score (nSPS) is 17.7. The second-order valence-corrected chi connectivity index (χ2v) is 11.3. The zero-order valence-corrected chi connectivity index (χ0v) is 21.4. The molecule has 0 heterocycles. The molecule has 0 saturated carbocycles. The van der Waals surface area contributed by atoms with E-state index in [4.69, 9.17) is 13.3 Å². The number of hydrogen-bond donors (Lipinski definition) is 0. The smallest absolute Gasteiger partial charge is 0.371 e. The van der Waals surface area contributed by atoms with Crippen LogP contribution < -0.4 is 0 Å². The largest absolute Gasteiger partial charge is 0.498 e. The average Bonchev–Trinajstić information content (AvgIpc) is 2.55. The van der Waals surface area contributed by atoms with Gasteiger partial charge in [-0.25, -0.2) is 0 Å². The van der Waals surface area contributed by atoms with Gasteiger partial charge in [-0.1, -0.05) is 56.7 Å². The van der Waals surface area contributed by atoms with Crippen LogP contribution in [0.3, 0.4) is 0 Å². The number of rotatable bonds is 18. The molecule has 0 N–H and O–H groups in total. The van der Waals surface area contributed by atoms with Crippen molar-refractivity contribution >= 4 is 39.5 Å². The summed E-state index contributed by atoms with van der Waals surface area (Å²) in [4.78, 5) is 0. The Kier molecular flexibility index (Phi) is 17.2. The third kappa shape index (κ3) is 14.8. The number of unbranched alkanes of at least 4 members (excludes halogenated alkanes) is 3. The summed E-state index contributed by atoms with van der Waals surface area (Å²) < 4.78 is 19.2. The fraction of sp³-hybridized carbons (Fsp3) is 1.00. The van der Waals surface area contributed by atoms with Crippen molar-refractivity contribution in [2.75, 3.05) is 0 Å². The standard InChI is InChI=1S/C19H39O3Si4/c1-17(11-5-8-14-23)20-26(4,21-18(2)12-6-9-15-24)22-19(3)13-7-10-16-25/h17-19H,5-16H2,1-4H3. The first-order valence-corrected chi connectivity index (χ1v) is 14.7. The van der Waals surface area contributed by atoms with Crippen molar-refractivity contribution in [2.45, 2.75) is 122 Å². The van der Waals surface area contributed by atoms with Crippen LogP contribution in [0, 0.1) is 0 Å². The van der Waals surface area contributed by atoms with Gasteiger partial charge in [0.15, 0.2) is 0 Å². The van der Waals surface area contributed by atoms with Crippen molar-refractivity contribution in [1.29, 1.82) is 0 Å². The fourth-order valence-electron chi connectivity index (χ4n) is 3.03. The molecule has 0 rings (SSSR count). The van der Waals surface area contributed by atoms with Gasteiger partial charge in [0.25, 0.3) is 0 Å². The first-order valence-electron chi connectivity index (χ1n) is 10.3. The lowest BCUT2D eigenvalue weighted by molar-refractivity contribution is -0.00944. The van der Waals surface area contributed by atoms with E-state index in [9.17, 15) is 0 Å². The molecule has 0 saturated heterocycles. The van der Waals surface area contributed by atoms with E-state index in [0.717, 1.165) is 56.7 Å². The zero-order valence-electron chi connectivity index (χ0n) is 17.4. The number of hydrogen-bond acceptors (Lipinski definition) is 3.